The number of amides is 1. The molecule has 0 saturated carbocycles. The van der Waals surface area contributed by atoms with Crippen molar-refractivity contribution in [3.63, 3.8) is 0 Å². The summed E-state index contributed by atoms with van der Waals surface area (Å²) in [6, 6.07) is 12.4. The number of pyridine rings is 1. The third-order valence-corrected chi connectivity index (χ3v) is 4.66. The maximum Gasteiger partial charge on any atom is 0.237 e. The molecule has 0 aliphatic heterocycles. The number of hydrogen-bond acceptors (Lipinski definition) is 5. The Bertz CT molecular complexity index is 949. The summed E-state index contributed by atoms with van der Waals surface area (Å²) >= 11 is 7.28. The number of anilines is 1. The maximum absolute atomic E-state index is 12.3. The van der Waals surface area contributed by atoms with Crippen LogP contribution in [0.5, 0.6) is 0 Å². The van der Waals surface area contributed by atoms with E-state index >= 15 is 0 Å². The van der Waals surface area contributed by atoms with Gasteiger partial charge in [-0.15, -0.1) is 10.2 Å². The van der Waals surface area contributed by atoms with E-state index in [0.29, 0.717) is 21.4 Å². The van der Waals surface area contributed by atoms with Crippen LogP contribution in [-0.4, -0.2) is 25.8 Å². The topological polar surface area (TPSA) is 83.1 Å². The van der Waals surface area contributed by atoms with E-state index in [1.54, 1.807) is 25.1 Å². The first-order valence-electron chi connectivity index (χ1n) is 7.05. The molecule has 0 aliphatic rings. The van der Waals surface area contributed by atoms with Crippen LogP contribution < -0.4 is 5.32 Å². The molecule has 1 atom stereocenters. The van der Waals surface area contributed by atoms with Crippen molar-refractivity contribution in [1.29, 1.82) is 5.26 Å². The third-order valence-electron chi connectivity index (χ3n) is 3.29. The van der Waals surface area contributed by atoms with Crippen LogP contribution in [0.15, 0.2) is 47.8 Å². The number of aromatic nitrogens is 3. The zero-order valence-corrected chi connectivity index (χ0v) is 14.2. The highest BCUT2D eigenvalue weighted by molar-refractivity contribution is 8.00. The fourth-order valence-electron chi connectivity index (χ4n) is 2.04. The van der Waals surface area contributed by atoms with Crippen molar-refractivity contribution in [3.8, 4) is 6.07 Å². The molecule has 8 heteroatoms. The lowest BCUT2D eigenvalue weighted by atomic mass is 10.2. The molecule has 0 spiro atoms. The first kappa shape index (κ1) is 16.3. The van der Waals surface area contributed by atoms with Crippen LogP contribution >= 0.6 is 23.4 Å². The van der Waals surface area contributed by atoms with Gasteiger partial charge in [0.15, 0.2) is 10.8 Å². The number of nitriles is 1. The molecule has 1 N–H and O–H groups in total. The van der Waals surface area contributed by atoms with Gasteiger partial charge in [-0.3, -0.25) is 9.20 Å². The quantitative estimate of drug-likeness (QED) is 0.724. The lowest BCUT2D eigenvalue weighted by molar-refractivity contribution is -0.115. The van der Waals surface area contributed by atoms with E-state index in [9.17, 15) is 4.79 Å². The van der Waals surface area contributed by atoms with Crippen molar-refractivity contribution in [3.05, 3.63) is 53.2 Å². The van der Waals surface area contributed by atoms with Gasteiger partial charge >= 0.3 is 0 Å². The van der Waals surface area contributed by atoms with Gasteiger partial charge in [-0.25, -0.2) is 0 Å². The Kier molecular flexibility index (Phi) is 4.69. The SMILES string of the molecule is C[C@H](Sc1nnc2ccccn12)C(=O)Nc1ccc(C#N)c(Cl)c1. The second kappa shape index (κ2) is 6.91. The lowest BCUT2D eigenvalue weighted by Crippen LogP contribution is -2.22. The van der Waals surface area contributed by atoms with E-state index in [-0.39, 0.29) is 11.2 Å². The van der Waals surface area contributed by atoms with E-state index in [0.717, 1.165) is 5.65 Å². The minimum atomic E-state index is -0.382. The number of fused-ring (bicyclic) bond motifs is 1. The zero-order chi connectivity index (χ0) is 17.1. The van der Waals surface area contributed by atoms with Crippen molar-refractivity contribution in [2.24, 2.45) is 0 Å². The minimum Gasteiger partial charge on any atom is -0.325 e. The third kappa shape index (κ3) is 3.35. The standard InChI is InChI=1S/C16H12ClN5OS/c1-10(24-16-21-20-14-4-2-3-7-22(14)16)15(23)19-12-6-5-11(9-18)13(17)8-12/h2-8,10H,1H3,(H,19,23)/t10-/m0/s1. The molecule has 24 heavy (non-hydrogen) atoms. The Morgan fingerprint density at radius 1 is 1.38 bits per heavy atom. The highest BCUT2D eigenvalue weighted by Gasteiger charge is 2.18. The van der Waals surface area contributed by atoms with Crippen molar-refractivity contribution in [2.75, 3.05) is 5.32 Å². The van der Waals surface area contributed by atoms with Gasteiger partial charge in [-0.05, 0) is 37.3 Å². The largest absolute Gasteiger partial charge is 0.325 e. The second-order valence-corrected chi connectivity index (χ2v) is 6.68. The number of nitrogens with one attached hydrogen (secondary N) is 1. The average Bonchev–Trinajstić information content (AvgIpc) is 2.98. The zero-order valence-electron chi connectivity index (χ0n) is 12.6. The van der Waals surface area contributed by atoms with E-state index in [1.807, 2.05) is 34.9 Å². The molecule has 2 heterocycles. The van der Waals surface area contributed by atoms with Gasteiger partial charge < -0.3 is 5.32 Å². The molecule has 6 nitrogen and oxygen atoms in total. The Balaban J connectivity index is 1.71. The molecule has 0 unspecified atom stereocenters. The molecule has 0 radical (unpaired) electrons. The highest BCUT2D eigenvalue weighted by atomic mass is 35.5. The second-order valence-electron chi connectivity index (χ2n) is 4.97. The predicted octanol–water partition coefficient (Wildman–Crippen LogP) is 3.37. The Hall–Kier alpha value is -2.56. The Morgan fingerprint density at radius 3 is 2.96 bits per heavy atom. The molecule has 120 valence electrons. The van der Waals surface area contributed by atoms with E-state index in [4.69, 9.17) is 16.9 Å². The number of benzene rings is 1. The summed E-state index contributed by atoms with van der Waals surface area (Å²) in [4.78, 5) is 12.3. The molecule has 3 rings (SSSR count). The van der Waals surface area contributed by atoms with Gasteiger partial charge in [0.25, 0.3) is 0 Å². The number of rotatable bonds is 4. The molecule has 1 aromatic carbocycles. The predicted molar refractivity (Wildman–Crippen MR) is 93.1 cm³/mol. The summed E-state index contributed by atoms with van der Waals surface area (Å²) in [5, 5.41) is 20.4. The van der Waals surface area contributed by atoms with Crippen LogP contribution in [0.4, 0.5) is 5.69 Å². The molecule has 1 amide bonds. The monoisotopic (exact) mass is 357 g/mol. The lowest BCUT2D eigenvalue weighted by Gasteiger charge is -2.11. The maximum atomic E-state index is 12.3. The number of hydrogen-bond donors (Lipinski definition) is 1. The summed E-state index contributed by atoms with van der Waals surface area (Å²) in [7, 11) is 0. The van der Waals surface area contributed by atoms with Crippen molar-refractivity contribution in [2.45, 2.75) is 17.3 Å². The van der Waals surface area contributed by atoms with Gasteiger partial charge in [-0.2, -0.15) is 5.26 Å². The summed E-state index contributed by atoms with van der Waals surface area (Å²) in [5.74, 6) is -0.187. The fourth-order valence-corrected chi connectivity index (χ4v) is 3.10. The van der Waals surface area contributed by atoms with Crippen LogP contribution in [-0.2, 0) is 4.79 Å². The molecule has 2 aromatic heterocycles. The van der Waals surface area contributed by atoms with Crippen LogP contribution in [0, 0.1) is 11.3 Å². The van der Waals surface area contributed by atoms with E-state index in [2.05, 4.69) is 15.5 Å². The fraction of sp³-hybridized carbons (Fsp3) is 0.125. The number of nitrogens with zero attached hydrogens (tertiary/aromatic N) is 4. The first-order chi connectivity index (χ1) is 11.6. The van der Waals surface area contributed by atoms with Crippen LogP contribution in [0.25, 0.3) is 5.65 Å². The van der Waals surface area contributed by atoms with Crippen molar-refractivity contribution < 1.29 is 4.79 Å². The average molecular weight is 358 g/mol. The van der Waals surface area contributed by atoms with Crippen LogP contribution in [0.1, 0.15) is 12.5 Å². The molecular weight excluding hydrogens is 346 g/mol. The smallest absolute Gasteiger partial charge is 0.237 e. The van der Waals surface area contributed by atoms with Crippen LogP contribution in [0.3, 0.4) is 0 Å². The Morgan fingerprint density at radius 2 is 2.21 bits per heavy atom. The molecule has 3 aromatic rings. The summed E-state index contributed by atoms with van der Waals surface area (Å²) < 4.78 is 1.83. The normalized spacial score (nSPS) is 11.9. The number of halogens is 1. The Labute approximate surface area is 147 Å². The summed E-state index contributed by atoms with van der Waals surface area (Å²) in [6.45, 7) is 1.79. The molecular formula is C16H12ClN5OS. The van der Waals surface area contributed by atoms with Crippen molar-refractivity contribution >= 4 is 40.6 Å². The number of thioether (sulfide) groups is 1. The van der Waals surface area contributed by atoms with Gasteiger partial charge in [0.05, 0.1) is 15.8 Å². The molecule has 0 aliphatic carbocycles. The molecule has 0 saturated heterocycles. The van der Waals surface area contributed by atoms with Gasteiger partial charge in [0.1, 0.15) is 6.07 Å². The summed E-state index contributed by atoms with van der Waals surface area (Å²) in [6.07, 6.45) is 1.85. The first-order valence-corrected chi connectivity index (χ1v) is 8.31. The van der Waals surface area contributed by atoms with Gasteiger partial charge in [0.2, 0.25) is 5.91 Å². The van der Waals surface area contributed by atoms with Gasteiger partial charge in [0, 0.05) is 11.9 Å². The number of carbonyl (C=O) groups is 1. The van der Waals surface area contributed by atoms with Crippen molar-refractivity contribution in [1.82, 2.24) is 14.6 Å². The van der Waals surface area contributed by atoms with Gasteiger partial charge in [-0.1, -0.05) is 29.4 Å². The molecule has 0 fully saturated rings. The number of carbonyl (C=O) groups excluding carboxylic acids is 1. The minimum absolute atomic E-state index is 0.187. The van der Waals surface area contributed by atoms with E-state index in [1.165, 1.54) is 11.8 Å². The van der Waals surface area contributed by atoms with E-state index < -0.39 is 0 Å². The summed E-state index contributed by atoms with van der Waals surface area (Å²) in [5.41, 5.74) is 1.64. The van der Waals surface area contributed by atoms with Crippen LogP contribution in [0.2, 0.25) is 5.02 Å². The molecule has 0 bridgehead atoms. The highest BCUT2D eigenvalue weighted by Crippen LogP contribution is 2.24.